The molecule has 158 valence electrons. The van der Waals surface area contributed by atoms with Crippen LogP contribution in [-0.4, -0.2) is 13.2 Å². The quantitative estimate of drug-likeness (QED) is 0.316. The van der Waals surface area contributed by atoms with Crippen LogP contribution >= 0.6 is 0 Å². The van der Waals surface area contributed by atoms with E-state index in [9.17, 15) is 0 Å². The summed E-state index contributed by atoms with van der Waals surface area (Å²) in [5.74, 6) is 1.87. The summed E-state index contributed by atoms with van der Waals surface area (Å²) in [6, 6.07) is 27.0. The average molecular weight is 404 g/mol. The van der Waals surface area contributed by atoms with Gasteiger partial charge in [0.05, 0.1) is 13.2 Å². The minimum absolute atomic E-state index is 0.715. The van der Waals surface area contributed by atoms with Gasteiger partial charge in [-0.1, -0.05) is 74.4 Å². The molecule has 0 bridgehead atoms. The number of benzene rings is 3. The van der Waals surface area contributed by atoms with Gasteiger partial charge in [-0.3, -0.25) is 0 Å². The van der Waals surface area contributed by atoms with Crippen LogP contribution in [0.25, 0.3) is 0 Å². The van der Waals surface area contributed by atoms with Crippen molar-refractivity contribution in [1.29, 1.82) is 0 Å². The number of unbranched alkanes of at least 4 members (excludes halogenated alkanes) is 2. The van der Waals surface area contributed by atoms with Crippen LogP contribution in [0.4, 0.5) is 5.69 Å². The molecule has 0 aromatic heterocycles. The fourth-order valence-corrected chi connectivity index (χ4v) is 3.33. The van der Waals surface area contributed by atoms with Crippen molar-refractivity contribution < 1.29 is 9.47 Å². The Bertz CT molecular complexity index is 864. The molecule has 0 radical (unpaired) electrons. The van der Waals surface area contributed by atoms with Crippen LogP contribution < -0.4 is 14.8 Å². The van der Waals surface area contributed by atoms with Crippen molar-refractivity contribution in [1.82, 2.24) is 0 Å². The molecular weight excluding hydrogens is 370 g/mol. The lowest BCUT2D eigenvalue weighted by Crippen LogP contribution is -2.05. The summed E-state index contributed by atoms with van der Waals surface area (Å²) < 4.78 is 11.9. The molecular formula is C27H33NO2. The van der Waals surface area contributed by atoms with Crippen LogP contribution in [0, 0.1) is 0 Å². The highest BCUT2D eigenvalue weighted by Crippen LogP contribution is 2.22. The van der Waals surface area contributed by atoms with Crippen LogP contribution in [0.2, 0.25) is 0 Å². The Hall–Kier alpha value is -2.94. The van der Waals surface area contributed by atoms with Crippen molar-refractivity contribution in [3.05, 3.63) is 90.0 Å². The van der Waals surface area contributed by atoms with Crippen LogP contribution in [0.3, 0.4) is 0 Å². The molecule has 0 atom stereocenters. The second-order valence-electron chi connectivity index (χ2n) is 7.48. The van der Waals surface area contributed by atoms with Crippen LogP contribution in [0.1, 0.15) is 43.7 Å². The number of hydrogen-bond acceptors (Lipinski definition) is 3. The minimum atomic E-state index is 0.715. The van der Waals surface area contributed by atoms with E-state index in [1.165, 1.54) is 24.0 Å². The first-order chi connectivity index (χ1) is 14.8. The van der Waals surface area contributed by atoms with Crippen molar-refractivity contribution in [2.75, 3.05) is 18.5 Å². The van der Waals surface area contributed by atoms with Crippen molar-refractivity contribution in [2.24, 2.45) is 0 Å². The summed E-state index contributed by atoms with van der Waals surface area (Å²) in [4.78, 5) is 0. The molecule has 0 aliphatic carbocycles. The van der Waals surface area contributed by atoms with Crippen LogP contribution in [0.15, 0.2) is 78.9 Å². The number of rotatable bonds is 13. The van der Waals surface area contributed by atoms with Gasteiger partial charge in [0.15, 0.2) is 0 Å². The van der Waals surface area contributed by atoms with Crippen molar-refractivity contribution in [3.63, 3.8) is 0 Å². The molecule has 0 aliphatic rings. The predicted octanol–water partition coefficient (Wildman–Crippen LogP) is 6.88. The molecule has 0 unspecified atom stereocenters. The fraction of sp³-hybridized carbons (Fsp3) is 0.333. The van der Waals surface area contributed by atoms with Gasteiger partial charge in [-0.05, 0) is 43.0 Å². The molecule has 1 N–H and O–H groups in total. The number of para-hydroxylation sites is 1. The van der Waals surface area contributed by atoms with E-state index in [0.29, 0.717) is 6.61 Å². The molecule has 3 nitrogen and oxygen atoms in total. The number of ether oxygens (including phenoxy) is 2. The lowest BCUT2D eigenvalue weighted by atomic mass is 10.1. The van der Waals surface area contributed by atoms with Crippen molar-refractivity contribution in [3.8, 4) is 11.5 Å². The van der Waals surface area contributed by atoms with Gasteiger partial charge in [-0.15, -0.1) is 0 Å². The molecule has 0 heterocycles. The summed E-state index contributed by atoms with van der Waals surface area (Å²) in [5, 5.41) is 3.50. The van der Waals surface area contributed by atoms with E-state index < -0.39 is 0 Å². The van der Waals surface area contributed by atoms with E-state index in [4.69, 9.17) is 9.47 Å². The minimum Gasteiger partial charge on any atom is -0.494 e. The standard InChI is InChI=1S/C27H33NO2/c1-2-3-9-19-30-27-18-8-7-15-24(27)22-28-25-16-10-17-26(21-25)29-20-11-14-23-12-5-4-6-13-23/h4-8,10,12-13,15-18,21,28H,2-3,9,11,14,19-20,22H2,1H3. The number of nitrogens with one attached hydrogen (secondary N) is 1. The molecule has 0 saturated carbocycles. The second kappa shape index (κ2) is 12.6. The highest BCUT2D eigenvalue weighted by molar-refractivity contribution is 5.49. The molecule has 0 saturated heterocycles. The second-order valence-corrected chi connectivity index (χ2v) is 7.48. The lowest BCUT2D eigenvalue weighted by molar-refractivity contribution is 0.303. The molecule has 3 aromatic carbocycles. The van der Waals surface area contributed by atoms with E-state index in [-0.39, 0.29) is 0 Å². The first kappa shape index (κ1) is 21.8. The third-order valence-electron chi connectivity index (χ3n) is 5.02. The lowest BCUT2D eigenvalue weighted by Gasteiger charge is -2.13. The topological polar surface area (TPSA) is 30.5 Å². The molecule has 3 heteroatoms. The van der Waals surface area contributed by atoms with Gasteiger partial charge < -0.3 is 14.8 Å². The summed E-state index contributed by atoms with van der Waals surface area (Å²) in [6.45, 7) is 4.42. The smallest absolute Gasteiger partial charge is 0.124 e. The Kier molecular flexibility index (Phi) is 9.13. The molecule has 3 aromatic rings. The SMILES string of the molecule is CCCCCOc1ccccc1CNc1cccc(OCCCc2ccccc2)c1. The first-order valence-electron chi connectivity index (χ1n) is 11.1. The molecule has 0 fully saturated rings. The first-order valence-corrected chi connectivity index (χ1v) is 11.1. The normalized spacial score (nSPS) is 10.6. The largest absolute Gasteiger partial charge is 0.494 e. The van der Waals surface area contributed by atoms with E-state index in [1.807, 2.05) is 18.2 Å². The van der Waals surface area contributed by atoms with Crippen LogP contribution in [0.5, 0.6) is 11.5 Å². The van der Waals surface area contributed by atoms with Gasteiger partial charge in [0.25, 0.3) is 0 Å². The molecule has 0 aliphatic heterocycles. The Morgan fingerprint density at radius 2 is 1.53 bits per heavy atom. The zero-order valence-electron chi connectivity index (χ0n) is 18.0. The maximum absolute atomic E-state index is 5.99. The Morgan fingerprint density at radius 3 is 2.40 bits per heavy atom. The number of hydrogen-bond donors (Lipinski definition) is 1. The Morgan fingerprint density at radius 1 is 0.733 bits per heavy atom. The van der Waals surface area contributed by atoms with Gasteiger partial charge >= 0.3 is 0 Å². The van der Waals surface area contributed by atoms with E-state index in [2.05, 4.69) is 72.9 Å². The Balaban J connectivity index is 1.46. The maximum Gasteiger partial charge on any atom is 0.124 e. The van der Waals surface area contributed by atoms with E-state index >= 15 is 0 Å². The molecule has 3 rings (SSSR count). The van der Waals surface area contributed by atoms with Gasteiger partial charge in [-0.2, -0.15) is 0 Å². The summed E-state index contributed by atoms with van der Waals surface area (Å²) in [6.07, 6.45) is 5.55. The monoisotopic (exact) mass is 403 g/mol. The Labute approximate surface area is 181 Å². The third kappa shape index (κ3) is 7.47. The summed E-state index contributed by atoms with van der Waals surface area (Å²) >= 11 is 0. The average Bonchev–Trinajstić information content (AvgIpc) is 2.80. The van der Waals surface area contributed by atoms with E-state index in [0.717, 1.165) is 49.6 Å². The molecule has 0 spiro atoms. The number of aryl methyl sites for hydroxylation is 1. The van der Waals surface area contributed by atoms with Crippen molar-refractivity contribution in [2.45, 2.75) is 45.6 Å². The third-order valence-corrected chi connectivity index (χ3v) is 5.02. The maximum atomic E-state index is 5.99. The van der Waals surface area contributed by atoms with Gasteiger partial charge in [-0.25, -0.2) is 0 Å². The van der Waals surface area contributed by atoms with Gasteiger partial charge in [0.2, 0.25) is 0 Å². The fourth-order valence-electron chi connectivity index (χ4n) is 3.33. The zero-order valence-corrected chi connectivity index (χ0v) is 18.0. The number of anilines is 1. The predicted molar refractivity (Wildman–Crippen MR) is 125 cm³/mol. The van der Waals surface area contributed by atoms with Gasteiger partial charge in [0, 0.05) is 23.9 Å². The van der Waals surface area contributed by atoms with Crippen molar-refractivity contribution >= 4 is 5.69 Å². The zero-order chi connectivity index (χ0) is 20.9. The molecule has 30 heavy (non-hydrogen) atoms. The van der Waals surface area contributed by atoms with E-state index in [1.54, 1.807) is 0 Å². The highest BCUT2D eigenvalue weighted by Gasteiger charge is 2.04. The summed E-state index contributed by atoms with van der Waals surface area (Å²) in [7, 11) is 0. The molecule has 0 amide bonds. The van der Waals surface area contributed by atoms with Gasteiger partial charge in [0.1, 0.15) is 11.5 Å². The summed E-state index contributed by atoms with van der Waals surface area (Å²) in [5.41, 5.74) is 3.58. The van der Waals surface area contributed by atoms with Crippen LogP contribution in [-0.2, 0) is 13.0 Å². The highest BCUT2D eigenvalue weighted by atomic mass is 16.5.